The van der Waals surface area contributed by atoms with Gasteiger partial charge in [-0.15, -0.1) is 0 Å². The molecule has 30 heavy (non-hydrogen) atoms. The lowest BCUT2D eigenvalue weighted by atomic mass is 10.1. The molecule has 1 aliphatic rings. The molecule has 3 aromatic rings. The van der Waals surface area contributed by atoms with Gasteiger partial charge in [0.2, 0.25) is 0 Å². The highest BCUT2D eigenvalue weighted by atomic mass is 16.1. The second-order valence-electron chi connectivity index (χ2n) is 8.03. The maximum absolute atomic E-state index is 12.4. The molecule has 156 valence electrons. The van der Waals surface area contributed by atoms with E-state index in [9.17, 15) is 4.79 Å². The molecule has 0 saturated carbocycles. The second-order valence-corrected chi connectivity index (χ2v) is 8.03. The average molecular weight is 403 g/mol. The first-order chi connectivity index (χ1) is 14.6. The van der Waals surface area contributed by atoms with Crippen molar-refractivity contribution in [1.82, 2.24) is 14.0 Å². The molecule has 1 N–H and O–H groups in total. The van der Waals surface area contributed by atoms with Gasteiger partial charge in [0.05, 0.1) is 17.1 Å². The zero-order valence-corrected chi connectivity index (χ0v) is 17.8. The van der Waals surface area contributed by atoms with Crippen molar-refractivity contribution in [1.29, 1.82) is 0 Å². The summed E-state index contributed by atoms with van der Waals surface area (Å²) in [5.41, 5.74) is 4.78. The maximum Gasteiger partial charge on any atom is 0.255 e. The Labute approximate surface area is 177 Å². The highest BCUT2D eigenvalue weighted by Gasteiger charge is 2.15. The van der Waals surface area contributed by atoms with Gasteiger partial charge in [-0.05, 0) is 64.5 Å². The van der Waals surface area contributed by atoms with Gasteiger partial charge in [0.15, 0.2) is 5.65 Å². The summed E-state index contributed by atoms with van der Waals surface area (Å²) in [5.74, 6) is 0. The number of allylic oxidation sites excluding steroid dienone is 3. The third-order valence-corrected chi connectivity index (χ3v) is 5.82. The fraction of sp³-hybridized carbons (Fsp3) is 0.360. The van der Waals surface area contributed by atoms with E-state index in [4.69, 9.17) is 4.98 Å². The number of fused-ring (bicyclic) bond motifs is 1. The fourth-order valence-corrected chi connectivity index (χ4v) is 3.99. The zero-order valence-electron chi connectivity index (χ0n) is 17.8. The average Bonchev–Trinajstić information content (AvgIpc) is 3.00. The minimum absolute atomic E-state index is 0.0399. The van der Waals surface area contributed by atoms with Gasteiger partial charge in [-0.3, -0.25) is 9.36 Å². The first kappa shape index (κ1) is 20.2. The van der Waals surface area contributed by atoms with E-state index in [2.05, 4.69) is 47.0 Å². The normalized spacial score (nSPS) is 19.9. The first-order valence-corrected chi connectivity index (χ1v) is 10.9. The van der Waals surface area contributed by atoms with Gasteiger partial charge in [0.1, 0.15) is 0 Å². The van der Waals surface area contributed by atoms with Crippen LogP contribution in [-0.2, 0) is 0 Å². The molecule has 3 heterocycles. The Hall–Kier alpha value is -3.08. The van der Waals surface area contributed by atoms with Crippen molar-refractivity contribution in [2.75, 3.05) is 5.32 Å². The third-order valence-electron chi connectivity index (χ3n) is 5.82. The van der Waals surface area contributed by atoms with Crippen LogP contribution >= 0.6 is 0 Å². The third kappa shape index (κ3) is 4.40. The molecule has 1 atom stereocenters. The van der Waals surface area contributed by atoms with Crippen LogP contribution in [0.25, 0.3) is 11.3 Å². The quantitative estimate of drug-likeness (QED) is 0.601. The number of nitrogens with zero attached hydrogens (tertiary/aromatic N) is 3. The Kier molecular flexibility index (Phi) is 6.17. The van der Waals surface area contributed by atoms with E-state index in [0.29, 0.717) is 6.04 Å². The number of pyridine rings is 2. The SMILES string of the molecule is Cc1nc2c(NC3C/C=C\CC/C=C\CCC3)cc(-n3ccccc3=O)cn2c1C. The van der Waals surface area contributed by atoms with Crippen molar-refractivity contribution in [3.05, 3.63) is 82.7 Å². The molecule has 0 fully saturated rings. The minimum atomic E-state index is -0.0399. The number of imidazole rings is 1. The van der Waals surface area contributed by atoms with Crippen LogP contribution in [0.2, 0.25) is 0 Å². The molecule has 4 rings (SSSR count). The van der Waals surface area contributed by atoms with Crippen molar-refractivity contribution in [3.8, 4) is 5.69 Å². The Morgan fingerprint density at radius 1 is 1.07 bits per heavy atom. The van der Waals surface area contributed by atoms with Crippen LogP contribution in [0.5, 0.6) is 0 Å². The molecule has 1 unspecified atom stereocenters. The van der Waals surface area contributed by atoms with E-state index in [1.807, 2.05) is 25.4 Å². The standard InChI is InChI=1S/C25H30N4O/c1-19-20(2)29-18-22(28-16-12-11-15-24(28)30)17-23(25(29)26-19)27-21-13-9-7-5-3-4-6-8-10-14-21/h3,5,8,10-12,15-18,21,27H,4,6-7,9,13-14H2,1-2H3/b5-3-,10-8-. The zero-order chi connectivity index (χ0) is 20.9. The molecule has 0 aromatic carbocycles. The lowest BCUT2D eigenvalue weighted by molar-refractivity contribution is 0.626. The molecule has 0 aliphatic heterocycles. The smallest absolute Gasteiger partial charge is 0.255 e. The number of aryl methyl sites for hydroxylation is 2. The van der Waals surface area contributed by atoms with Gasteiger partial charge in [-0.2, -0.15) is 0 Å². The summed E-state index contributed by atoms with van der Waals surface area (Å²) in [4.78, 5) is 17.2. The lowest BCUT2D eigenvalue weighted by Gasteiger charge is -2.20. The summed E-state index contributed by atoms with van der Waals surface area (Å²) < 4.78 is 3.78. The van der Waals surface area contributed by atoms with Crippen molar-refractivity contribution in [3.63, 3.8) is 0 Å². The topological polar surface area (TPSA) is 51.3 Å². The van der Waals surface area contributed by atoms with Crippen LogP contribution in [0, 0.1) is 13.8 Å². The van der Waals surface area contributed by atoms with Gasteiger partial charge in [0, 0.05) is 30.2 Å². The summed E-state index contributed by atoms with van der Waals surface area (Å²) in [6, 6.07) is 7.62. The monoisotopic (exact) mass is 402 g/mol. The second kappa shape index (κ2) is 9.16. The Balaban J connectivity index is 1.74. The summed E-state index contributed by atoms with van der Waals surface area (Å²) in [5, 5.41) is 3.76. The van der Waals surface area contributed by atoms with Crippen LogP contribution in [0.3, 0.4) is 0 Å². The summed E-state index contributed by atoms with van der Waals surface area (Å²) in [6.07, 6.45) is 19.6. The Morgan fingerprint density at radius 2 is 1.87 bits per heavy atom. The van der Waals surface area contributed by atoms with E-state index in [0.717, 1.165) is 66.9 Å². The lowest BCUT2D eigenvalue weighted by Crippen LogP contribution is -2.21. The molecule has 3 aromatic heterocycles. The van der Waals surface area contributed by atoms with Gasteiger partial charge < -0.3 is 9.72 Å². The van der Waals surface area contributed by atoms with Gasteiger partial charge in [-0.25, -0.2) is 4.98 Å². The predicted octanol–water partition coefficient (Wildman–Crippen LogP) is 5.35. The van der Waals surface area contributed by atoms with Crippen molar-refractivity contribution in [2.24, 2.45) is 0 Å². The Morgan fingerprint density at radius 3 is 2.70 bits per heavy atom. The highest BCUT2D eigenvalue weighted by molar-refractivity contribution is 5.72. The summed E-state index contributed by atoms with van der Waals surface area (Å²) >= 11 is 0. The molecular weight excluding hydrogens is 372 g/mol. The van der Waals surface area contributed by atoms with Gasteiger partial charge in [0.25, 0.3) is 5.56 Å². The van der Waals surface area contributed by atoms with Crippen LogP contribution in [0.4, 0.5) is 5.69 Å². The van der Waals surface area contributed by atoms with Crippen molar-refractivity contribution in [2.45, 2.75) is 58.4 Å². The fourth-order valence-electron chi connectivity index (χ4n) is 3.99. The molecule has 0 spiro atoms. The van der Waals surface area contributed by atoms with Crippen LogP contribution in [0.15, 0.2) is 65.8 Å². The van der Waals surface area contributed by atoms with E-state index in [1.165, 1.54) is 0 Å². The number of aromatic nitrogens is 3. The largest absolute Gasteiger partial charge is 0.379 e. The molecular formula is C25H30N4O. The Bertz CT molecular complexity index is 1140. The molecule has 0 saturated heterocycles. The van der Waals surface area contributed by atoms with E-state index >= 15 is 0 Å². The van der Waals surface area contributed by atoms with Gasteiger partial charge >= 0.3 is 0 Å². The molecule has 0 bridgehead atoms. The number of rotatable bonds is 3. The number of nitrogens with one attached hydrogen (secondary N) is 1. The predicted molar refractivity (Wildman–Crippen MR) is 124 cm³/mol. The van der Waals surface area contributed by atoms with Crippen LogP contribution < -0.4 is 10.9 Å². The molecule has 0 amide bonds. The van der Waals surface area contributed by atoms with Crippen molar-refractivity contribution >= 4 is 11.3 Å². The van der Waals surface area contributed by atoms with Crippen molar-refractivity contribution < 1.29 is 0 Å². The highest BCUT2D eigenvalue weighted by Crippen LogP contribution is 2.25. The minimum Gasteiger partial charge on any atom is -0.379 e. The van der Waals surface area contributed by atoms with Crippen LogP contribution in [-0.4, -0.2) is 20.0 Å². The summed E-state index contributed by atoms with van der Waals surface area (Å²) in [7, 11) is 0. The van der Waals surface area contributed by atoms with Crippen LogP contribution in [0.1, 0.15) is 49.9 Å². The molecule has 5 heteroatoms. The number of anilines is 1. The van der Waals surface area contributed by atoms with E-state index < -0.39 is 0 Å². The number of hydrogen-bond acceptors (Lipinski definition) is 3. The summed E-state index contributed by atoms with van der Waals surface area (Å²) in [6.45, 7) is 4.10. The van der Waals surface area contributed by atoms with E-state index in [-0.39, 0.29) is 5.56 Å². The first-order valence-electron chi connectivity index (χ1n) is 10.9. The number of hydrogen-bond donors (Lipinski definition) is 1. The van der Waals surface area contributed by atoms with Gasteiger partial charge in [-0.1, -0.05) is 30.4 Å². The molecule has 0 radical (unpaired) electrons. The maximum atomic E-state index is 12.4. The molecule has 1 aliphatic carbocycles. The van der Waals surface area contributed by atoms with E-state index in [1.54, 1.807) is 16.7 Å². The molecule has 5 nitrogen and oxygen atoms in total.